The highest BCUT2D eigenvalue weighted by molar-refractivity contribution is 9.10. The average Bonchev–Trinajstić information content (AvgIpc) is 2.82. The molecule has 2 atom stereocenters. The van der Waals surface area contributed by atoms with Crippen LogP contribution in [0.25, 0.3) is 0 Å². The van der Waals surface area contributed by atoms with Gasteiger partial charge in [-0.3, -0.25) is 0 Å². The van der Waals surface area contributed by atoms with E-state index in [2.05, 4.69) is 64.5 Å². The predicted octanol–water partition coefficient (Wildman–Crippen LogP) is 4.04. The van der Waals surface area contributed by atoms with Gasteiger partial charge in [-0.05, 0) is 42.2 Å². The zero-order valence-electron chi connectivity index (χ0n) is 10.6. The topological polar surface area (TPSA) is 26.0 Å². The number of fused-ring (bicyclic) bond motifs is 1. The van der Waals surface area contributed by atoms with Gasteiger partial charge in [0.15, 0.2) is 0 Å². The van der Waals surface area contributed by atoms with Crippen LogP contribution in [0.1, 0.15) is 11.1 Å². The van der Waals surface area contributed by atoms with Crippen LogP contribution in [0.5, 0.6) is 0 Å². The minimum Gasteiger partial charge on any atom is -0.326 e. The lowest BCUT2D eigenvalue weighted by Crippen LogP contribution is -2.34. The molecule has 0 amide bonds. The summed E-state index contributed by atoms with van der Waals surface area (Å²) in [6.45, 7) is 0. The summed E-state index contributed by atoms with van der Waals surface area (Å²) in [7, 11) is 0. The molecule has 0 fully saturated rings. The molecule has 2 unspecified atom stereocenters. The first-order valence-corrected chi connectivity index (χ1v) is 8.14. The fourth-order valence-corrected chi connectivity index (χ4v) is 4.28. The van der Waals surface area contributed by atoms with Crippen molar-refractivity contribution in [1.29, 1.82) is 0 Å². The van der Waals surface area contributed by atoms with Gasteiger partial charge >= 0.3 is 0 Å². The molecular weight excluding hydrogens is 318 g/mol. The van der Waals surface area contributed by atoms with Crippen LogP contribution in [-0.4, -0.2) is 11.3 Å². The lowest BCUT2D eigenvalue weighted by molar-refractivity contribution is 0.632. The molecule has 0 spiro atoms. The summed E-state index contributed by atoms with van der Waals surface area (Å²) < 4.78 is 1.12. The first-order valence-electron chi connectivity index (χ1n) is 6.47. The number of hydrogen-bond donors (Lipinski definition) is 1. The summed E-state index contributed by atoms with van der Waals surface area (Å²) in [5, 5.41) is 0.497. The van der Waals surface area contributed by atoms with Gasteiger partial charge in [0.2, 0.25) is 0 Å². The Morgan fingerprint density at radius 2 is 2.05 bits per heavy atom. The Hall–Kier alpha value is -0.770. The van der Waals surface area contributed by atoms with Gasteiger partial charge in [-0.25, -0.2) is 0 Å². The van der Waals surface area contributed by atoms with E-state index < -0.39 is 0 Å². The van der Waals surface area contributed by atoms with Gasteiger partial charge in [-0.15, -0.1) is 11.8 Å². The smallest absolute Gasteiger partial charge is 0.0290 e. The van der Waals surface area contributed by atoms with E-state index >= 15 is 0 Å². The van der Waals surface area contributed by atoms with E-state index in [-0.39, 0.29) is 6.04 Å². The third-order valence-electron chi connectivity index (χ3n) is 3.51. The Bertz CT molecular complexity index is 559. The molecule has 0 saturated heterocycles. The SMILES string of the molecule is NC(Cc1cccc(Br)c1)C1Cc2ccccc2S1. The van der Waals surface area contributed by atoms with Crippen molar-refractivity contribution in [1.82, 2.24) is 0 Å². The third kappa shape index (κ3) is 3.04. The molecule has 0 radical (unpaired) electrons. The molecule has 2 aromatic rings. The molecule has 19 heavy (non-hydrogen) atoms. The summed E-state index contributed by atoms with van der Waals surface area (Å²) in [5.41, 5.74) is 9.15. The number of rotatable bonds is 3. The molecule has 2 N–H and O–H groups in total. The van der Waals surface area contributed by atoms with Gasteiger partial charge in [-0.2, -0.15) is 0 Å². The molecule has 0 aliphatic carbocycles. The maximum Gasteiger partial charge on any atom is 0.0290 e. The monoisotopic (exact) mass is 333 g/mol. The van der Waals surface area contributed by atoms with Crippen molar-refractivity contribution in [3.63, 3.8) is 0 Å². The largest absolute Gasteiger partial charge is 0.326 e. The summed E-state index contributed by atoms with van der Waals surface area (Å²) in [6, 6.07) is 17.3. The molecular formula is C16H16BrNS. The lowest BCUT2D eigenvalue weighted by Gasteiger charge is -2.18. The van der Waals surface area contributed by atoms with Gasteiger partial charge in [0.1, 0.15) is 0 Å². The Labute approximate surface area is 126 Å². The van der Waals surface area contributed by atoms with Crippen molar-refractivity contribution in [2.45, 2.75) is 29.0 Å². The first-order chi connectivity index (χ1) is 9.22. The van der Waals surface area contributed by atoms with Crippen LogP contribution in [0.2, 0.25) is 0 Å². The van der Waals surface area contributed by atoms with Gasteiger partial charge < -0.3 is 5.73 Å². The fraction of sp³-hybridized carbons (Fsp3) is 0.250. The molecule has 0 aromatic heterocycles. The highest BCUT2D eigenvalue weighted by Gasteiger charge is 2.27. The maximum absolute atomic E-state index is 6.40. The van der Waals surface area contributed by atoms with E-state index in [0.717, 1.165) is 17.3 Å². The normalized spacial score (nSPS) is 19.2. The number of thioether (sulfide) groups is 1. The van der Waals surface area contributed by atoms with Crippen LogP contribution < -0.4 is 5.73 Å². The van der Waals surface area contributed by atoms with E-state index in [1.54, 1.807) is 0 Å². The second-order valence-electron chi connectivity index (χ2n) is 4.97. The Balaban J connectivity index is 1.68. The molecule has 0 saturated carbocycles. The van der Waals surface area contributed by atoms with Crippen LogP contribution in [0.4, 0.5) is 0 Å². The minimum atomic E-state index is 0.201. The Kier molecular flexibility index (Phi) is 3.96. The van der Waals surface area contributed by atoms with Crippen LogP contribution in [0.3, 0.4) is 0 Å². The highest BCUT2D eigenvalue weighted by Crippen LogP contribution is 2.38. The molecule has 1 aliphatic rings. The zero-order valence-corrected chi connectivity index (χ0v) is 13.0. The van der Waals surface area contributed by atoms with Crippen molar-refractivity contribution < 1.29 is 0 Å². The Morgan fingerprint density at radius 1 is 1.21 bits per heavy atom. The van der Waals surface area contributed by atoms with Gasteiger partial charge in [0.05, 0.1) is 0 Å². The molecule has 0 bridgehead atoms. The summed E-state index contributed by atoms with van der Waals surface area (Å²) >= 11 is 5.44. The molecule has 3 heteroatoms. The maximum atomic E-state index is 6.40. The van der Waals surface area contributed by atoms with Crippen molar-refractivity contribution in [2.24, 2.45) is 5.73 Å². The number of nitrogens with two attached hydrogens (primary N) is 1. The van der Waals surface area contributed by atoms with Crippen molar-refractivity contribution >= 4 is 27.7 Å². The number of halogens is 1. The van der Waals surface area contributed by atoms with Crippen molar-refractivity contribution in [3.05, 3.63) is 64.1 Å². The summed E-state index contributed by atoms with van der Waals surface area (Å²) in [5.74, 6) is 0. The van der Waals surface area contributed by atoms with Crippen LogP contribution in [0, 0.1) is 0 Å². The van der Waals surface area contributed by atoms with Gasteiger partial charge in [-0.1, -0.05) is 46.3 Å². The minimum absolute atomic E-state index is 0.201. The number of benzene rings is 2. The fourth-order valence-electron chi connectivity index (χ4n) is 2.52. The number of hydrogen-bond acceptors (Lipinski definition) is 2. The average molecular weight is 334 g/mol. The van der Waals surface area contributed by atoms with E-state index in [1.165, 1.54) is 16.0 Å². The quantitative estimate of drug-likeness (QED) is 0.917. The second kappa shape index (κ2) is 5.70. The highest BCUT2D eigenvalue weighted by atomic mass is 79.9. The molecule has 3 rings (SSSR count). The van der Waals surface area contributed by atoms with Gasteiger partial charge in [0.25, 0.3) is 0 Å². The molecule has 2 aromatic carbocycles. The molecule has 1 heterocycles. The standard InChI is InChI=1S/C16H16BrNS/c17-13-6-3-4-11(8-13)9-14(18)16-10-12-5-1-2-7-15(12)19-16/h1-8,14,16H,9-10,18H2. The zero-order chi connectivity index (χ0) is 13.2. The Morgan fingerprint density at radius 3 is 2.84 bits per heavy atom. The van der Waals surface area contributed by atoms with Crippen molar-refractivity contribution in [3.8, 4) is 0 Å². The van der Waals surface area contributed by atoms with Crippen LogP contribution in [0.15, 0.2) is 57.9 Å². The molecule has 1 nitrogen and oxygen atoms in total. The lowest BCUT2D eigenvalue weighted by atomic mass is 10.00. The van der Waals surface area contributed by atoms with Crippen molar-refractivity contribution in [2.75, 3.05) is 0 Å². The predicted molar refractivity (Wildman–Crippen MR) is 85.6 cm³/mol. The van der Waals surface area contributed by atoms with E-state index in [1.807, 2.05) is 11.8 Å². The van der Waals surface area contributed by atoms with Crippen LogP contribution in [-0.2, 0) is 12.8 Å². The van der Waals surface area contributed by atoms with Crippen LogP contribution >= 0.6 is 27.7 Å². The first kappa shape index (κ1) is 13.2. The molecule has 98 valence electrons. The third-order valence-corrected chi connectivity index (χ3v) is 5.47. The summed E-state index contributed by atoms with van der Waals surface area (Å²) in [6.07, 6.45) is 2.03. The second-order valence-corrected chi connectivity index (χ2v) is 7.16. The molecule has 1 aliphatic heterocycles. The van der Waals surface area contributed by atoms with E-state index in [4.69, 9.17) is 5.73 Å². The van der Waals surface area contributed by atoms with E-state index in [9.17, 15) is 0 Å². The summed E-state index contributed by atoms with van der Waals surface area (Å²) in [4.78, 5) is 1.40. The van der Waals surface area contributed by atoms with E-state index in [0.29, 0.717) is 5.25 Å². The van der Waals surface area contributed by atoms with Gasteiger partial charge in [0, 0.05) is 20.7 Å².